The number of aromatic nitrogens is 2. The maximum Gasteiger partial charge on any atom is 0.266 e. The first-order valence-corrected chi connectivity index (χ1v) is 12.2. The lowest BCUT2D eigenvalue weighted by Gasteiger charge is -2.30. The zero-order chi connectivity index (χ0) is 26.2. The third kappa shape index (κ3) is 5.95. The molecule has 1 aromatic heterocycles. The number of carbonyl (C=O) groups is 1. The molecule has 4 aromatic rings. The van der Waals surface area contributed by atoms with Gasteiger partial charge in [-0.15, -0.1) is 0 Å². The van der Waals surface area contributed by atoms with Crippen molar-refractivity contribution in [3.05, 3.63) is 107 Å². The minimum absolute atomic E-state index is 0.170. The van der Waals surface area contributed by atoms with Gasteiger partial charge in [0.1, 0.15) is 11.6 Å². The van der Waals surface area contributed by atoms with E-state index in [0.717, 1.165) is 5.56 Å². The van der Waals surface area contributed by atoms with E-state index in [4.69, 9.17) is 14.5 Å². The molecule has 0 saturated carbocycles. The van der Waals surface area contributed by atoms with E-state index in [2.05, 4.69) is 0 Å². The number of para-hydroxylation sites is 1. The van der Waals surface area contributed by atoms with Crippen molar-refractivity contribution in [2.45, 2.75) is 19.4 Å². The van der Waals surface area contributed by atoms with Crippen molar-refractivity contribution in [1.82, 2.24) is 14.5 Å². The number of amides is 1. The quantitative estimate of drug-likeness (QED) is 0.227. The fraction of sp³-hybridized carbons (Fsp3) is 0.233. The van der Waals surface area contributed by atoms with Gasteiger partial charge in [0.2, 0.25) is 5.91 Å². The Bertz CT molecular complexity index is 1430. The lowest BCUT2D eigenvalue weighted by Crippen LogP contribution is -2.37. The molecule has 1 unspecified atom stereocenters. The van der Waals surface area contributed by atoms with Crippen molar-refractivity contribution in [3.63, 3.8) is 0 Å². The Kier molecular flexibility index (Phi) is 8.48. The van der Waals surface area contributed by atoms with E-state index in [-0.39, 0.29) is 11.5 Å². The van der Waals surface area contributed by atoms with Gasteiger partial charge in [0.25, 0.3) is 5.56 Å². The Balaban J connectivity index is 1.80. The number of hydrogen-bond donors (Lipinski definition) is 0. The molecule has 1 heterocycles. The summed E-state index contributed by atoms with van der Waals surface area (Å²) in [6.45, 7) is 2.85. The second-order valence-electron chi connectivity index (χ2n) is 8.62. The van der Waals surface area contributed by atoms with Gasteiger partial charge in [-0.3, -0.25) is 14.2 Å². The topological polar surface area (TPSA) is 73.7 Å². The van der Waals surface area contributed by atoms with Crippen molar-refractivity contribution in [3.8, 4) is 11.4 Å². The Morgan fingerprint density at radius 1 is 1.00 bits per heavy atom. The van der Waals surface area contributed by atoms with Crippen LogP contribution in [0.4, 0.5) is 0 Å². The van der Waals surface area contributed by atoms with Crippen LogP contribution in [0.3, 0.4) is 0 Å². The molecule has 37 heavy (non-hydrogen) atoms. The summed E-state index contributed by atoms with van der Waals surface area (Å²) in [5.41, 5.74) is 1.97. The summed E-state index contributed by atoms with van der Waals surface area (Å²) >= 11 is 0. The Morgan fingerprint density at radius 2 is 1.70 bits per heavy atom. The van der Waals surface area contributed by atoms with Crippen LogP contribution in [0.2, 0.25) is 0 Å². The molecule has 0 aliphatic rings. The van der Waals surface area contributed by atoms with Crippen LogP contribution in [0.25, 0.3) is 22.7 Å². The largest absolute Gasteiger partial charge is 0.497 e. The fourth-order valence-electron chi connectivity index (χ4n) is 4.25. The van der Waals surface area contributed by atoms with Gasteiger partial charge >= 0.3 is 0 Å². The Morgan fingerprint density at radius 3 is 2.41 bits per heavy atom. The molecular weight excluding hydrogens is 466 g/mol. The van der Waals surface area contributed by atoms with Crippen molar-refractivity contribution in [2.24, 2.45) is 0 Å². The van der Waals surface area contributed by atoms with Gasteiger partial charge in [-0.1, -0.05) is 42.5 Å². The Hall–Kier alpha value is -4.23. The molecule has 0 bridgehead atoms. The standard InChI is InChI=1S/C30H31N3O4/c1-22(32(20-9-21-36-2)28(34)19-14-23-10-5-4-6-11-23)29-31-27-13-8-7-12-26(27)30(35)33(29)24-15-17-25(37-3)18-16-24/h4-8,10-19,22H,9,20-21H2,1-3H3/b19-14+. The molecule has 190 valence electrons. The molecular formula is C30H31N3O4. The van der Waals surface area contributed by atoms with Crippen molar-refractivity contribution in [1.29, 1.82) is 0 Å². The van der Waals surface area contributed by atoms with Crippen LogP contribution in [-0.2, 0) is 9.53 Å². The van der Waals surface area contributed by atoms with E-state index in [9.17, 15) is 9.59 Å². The normalized spacial score (nSPS) is 12.1. The summed E-state index contributed by atoms with van der Waals surface area (Å²) in [4.78, 5) is 33.8. The average molecular weight is 498 g/mol. The van der Waals surface area contributed by atoms with Crippen molar-refractivity contribution < 1.29 is 14.3 Å². The molecule has 0 radical (unpaired) electrons. The number of benzene rings is 3. The first-order valence-electron chi connectivity index (χ1n) is 12.2. The number of carbonyl (C=O) groups excluding carboxylic acids is 1. The zero-order valence-corrected chi connectivity index (χ0v) is 21.3. The SMILES string of the molecule is COCCCN(C(=O)/C=C/c1ccccc1)C(C)c1nc2ccccc2c(=O)n1-c1ccc(OC)cc1. The molecule has 0 N–H and O–H groups in total. The molecule has 1 amide bonds. The van der Waals surface area contributed by atoms with Gasteiger partial charge in [0, 0.05) is 26.3 Å². The van der Waals surface area contributed by atoms with E-state index < -0.39 is 6.04 Å². The fourth-order valence-corrected chi connectivity index (χ4v) is 4.25. The number of hydrogen-bond acceptors (Lipinski definition) is 5. The van der Waals surface area contributed by atoms with Gasteiger partial charge in [-0.2, -0.15) is 0 Å². The molecule has 4 rings (SSSR count). The molecule has 0 aliphatic carbocycles. The third-order valence-electron chi connectivity index (χ3n) is 6.22. The van der Waals surface area contributed by atoms with Crippen LogP contribution >= 0.6 is 0 Å². The second kappa shape index (κ2) is 12.1. The summed E-state index contributed by atoms with van der Waals surface area (Å²) in [5, 5.41) is 0.510. The molecule has 0 saturated heterocycles. The van der Waals surface area contributed by atoms with Crippen molar-refractivity contribution in [2.75, 3.05) is 27.4 Å². The van der Waals surface area contributed by atoms with E-state index in [1.807, 2.05) is 67.6 Å². The monoisotopic (exact) mass is 497 g/mol. The molecule has 7 nitrogen and oxygen atoms in total. The average Bonchev–Trinajstić information content (AvgIpc) is 2.94. The first kappa shape index (κ1) is 25.9. The second-order valence-corrected chi connectivity index (χ2v) is 8.62. The maximum atomic E-state index is 13.7. The lowest BCUT2D eigenvalue weighted by atomic mass is 10.1. The number of rotatable bonds is 10. The predicted octanol–water partition coefficient (Wildman–Crippen LogP) is 5.03. The predicted molar refractivity (Wildman–Crippen MR) is 146 cm³/mol. The van der Waals surface area contributed by atoms with Gasteiger partial charge in [-0.25, -0.2) is 4.98 Å². The van der Waals surface area contributed by atoms with Gasteiger partial charge in [0.15, 0.2) is 0 Å². The molecule has 3 aromatic carbocycles. The highest BCUT2D eigenvalue weighted by Gasteiger charge is 2.25. The highest BCUT2D eigenvalue weighted by Crippen LogP contribution is 2.24. The minimum Gasteiger partial charge on any atom is -0.497 e. The smallest absolute Gasteiger partial charge is 0.266 e. The summed E-state index contributed by atoms with van der Waals surface area (Å²) in [5.74, 6) is 0.992. The Labute approximate surface area is 216 Å². The van der Waals surface area contributed by atoms with Crippen LogP contribution in [0.1, 0.15) is 30.8 Å². The molecule has 1 atom stereocenters. The number of ether oxygens (including phenoxy) is 2. The van der Waals surface area contributed by atoms with E-state index in [1.165, 1.54) is 0 Å². The maximum absolute atomic E-state index is 13.7. The molecule has 0 spiro atoms. The summed E-state index contributed by atoms with van der Waals surface area (Å²) in [6.07, 6.45) is 4.00. The van der Waals surface area contributed by atoms with Crippen LogP contribution in [0.5, 0.6) is 5.75 Å². The van der Waals surface area contributed by atoms with Crippen LogP contribution < -0.4 is 10.3 Å². The van der Waals surface area contributed by atoms with Gasteiger partial charge in [0.05, 0.1) is 29.7 Å². The summed E-state index contributed by atoms with van der Waals surface area (Å²) in [7, 11) is 3.23. The van der Waals surface area contributed by atoms with E-state index >= 15 is 0 Å². The third-order valence-corrected chi connectivity index (χ3v) is 6.22. The van der Waals surface area contributed by atoms with Crippen molar-refractivity contribution >= 4 is 22.9 Å². The molecule has 7 heteroatoms. The number of methoxy groups -OCH3 is 2. The highest BCUT2D eigenvalue weighted by molar-refractivity contribution is 5.92. The lowest BCUT2D eigenvalue weighted by molar-refractivity contribution is -0.128. The van der Waals surface area contributed by atoms with Crippen LogP contribution in [0, 0.1) is 0 Å². The van der Waals surface area contributed by atoms with Crippen LogP contribution in [0.15, 0.2) is 89.7 Å². The molecule has 0 aliphatic heterocycles. The summed E-state index contributed by atoms with van der Waals surface area (Å²) in [6, 6.07) is 23.7. The van der Waals surface area contributed by atoms with E-state index in [1.54, 1.807) is 54.0 Å². The first-order chi connectivity index (χ1) is 18.0. The zero-order valence-electron chi connectivity index (χ0n) is 21.3. The summed E-state index contributed by atoms with van der Waals surface area (Å²) < 4.78 is 12.1. The van der Waals surface area contributed by atoms with E-state index in [0.29, 0.717) is 47.7 Å². The number of fused-ring (bicyclic) bond motifs is 1. The molecule has 0 fully saturated rings. The highest BCUT2D eigenvalue weighted by atomic mass is 16.5. The van der Waals surface area contributed by atoms with Gasteiger partial charge < -0.3 is 14.4 Å². The number of nitrogens with zero attached hydrogens (tertiary/aromatic N) is 3. The van der Waals surface area contributed by atoms with Crippen LogP contribution in [-0.4, -0.2) is 47.7 Å². The minimum atomic E-state index is -0.496. The van der Waals surface area contributed by atoms with Gasteiger partial charge in [-0.05, 0) is 61.4 Å².